The number of hydrogen-bond donors (Lipinski definition) is 1. The van der Waals surface area contributed by atoms with Crippen molar-refractivity contribution in [2.24, 2.45) is 13.0 Å². The van der Waals surface area contributed by atoms with Crippen LogP contribution in [0.4, 0.5) is 5.82 Å². The highest BCUT2D eigenvalue weighted by Crippen LogP contribution is 2.28. The standard InChI is InChI=1S/C16H23BrN6O/c1-22-16-13(14(17)21-22)15(18-10-19-16)20-12-2-5-23(6-3-12)8-11-4-7-24-9-11/h10-12H,2-9H2,1H3,(H,18,19,20). The Hall–Kier alpha value is -1.25. The summed E-state index contributed by atoms with van der Waals surface area (Å²) in [7, 11) is 1.90. The zero-order valence-electron chi connectivity index (χ0n) is 13.9. The Kier molecular flexibility index (Phi) is 4.69. The zero-order chi connectivity index (χ0) is 16.5. The molecule has 0 saturated carbocycles. The third-order valence-electron chi connectivity index (χ3n) is 5.05. The summed E-state index contributed by atoms with van der Waals surface area (Å²) in [6.07, 6.45) is 5.09. The van der Waals surface area contributed by atoms with Gasteiger partial charge in [0.15, 0.2) is 5.65 Å². The summed E-state index contributed by atoms with van der Waals surface area (Å²) in [4.78, 5) is 11.3. The van der Waals surface area contributed by atoms with Crippen LogP contribution in [0.5, 0.6) is 0 Å². The number of nitrogens with zero attached hydrogens (tertiary/aromatic N) is 5. The number of likely N-dealkylation sites (tertiary alicyclic amines) is 1. The molecular weight excluding hydrogens is 372 g/mol. The molecule has 2 aliphatic heterocycles. The minimum Gasteiger partial charge on any atom is -0.381 e. The van der Waals surface area contributed by atoms with Gasteiger partial charge in [-0.25, -0.2) is 14.6 Å². The van der Waals surface area contributed by atoms with Crippen molar-refractivity contribution in [1.82, 2.24) is 24.6 Å². The van der Waals surface area contributed by atoms with Gasteiger partial charge in [-0.3, -0.25) is 0 Å². The monoisotopic (exact) mass is 394 g/mol. The van der Waals surface area contributed by atoms with Crippen LogP contribution in [0.25, 0.3) is 11.0 Å². The Morgan fingerprint density at radius 3 is 2.88 bits per heavy atom. The lowest BCUT2D eigenvalue weighted by molar-refractivity contribution is 0.154. The van der Waals surface area contributed by atoms with Crippen LogP contribution in [0.2, 0.25) is 0 Å². The smallest absolute Gasteiger partial charge is 0.164 e. The first-order valence-corrected chi connectivity index (χ1v) is 9.40. The molecule has 4 heterocycles. The number of aromatic nitrogens is 4. The van der Waals surface area contributed by atoms with E-state index in [-0.39, 0.29) is 0 Å². The van der Waals surface area contributed by atoms with Crippen molar-refractivity contribution in [3.8, 4) is 0 Å². The molecule has 2 aromatic heterocycles. The molecule has 0 aromatic carbocycles. The van der Waals surface area contributed by atoms with Gasteiger partial charge < -0.3 is 15.0 Å². The van der Waals surface area contributed by atoms with Crippen LogP contribution >= 0.6 is 15.9 Å². The minimum absolute atomic E-state index is 0.450. The first kappa shape index (κ1) is 16.2. The normalized spacial score (nSPS) is 23.2. The van der Waals surface area contributed by atoms with Crippen LogP contribution in [-0.2, 0) is 11.8 Å². The lowest BCUT2D eigenvalue weighted by atomic mass is 10.0. The molecule has 0 aliphatic carbocycles. The predicted molar refractivity (Wildman–Crippen MR) is 96.0 cm³/mol. The largest absolute Gasteiger partial charge is 0.381 e. The maximum atomic E-state index is 5.49. The number of anilines is 1. The molecule has 8 heteroatoms. The van der Waals surface area contributed by atoms with Crippen molar-refractivity contribution < 1.29 is 4.74 Å². The Bertz CT molecular complexity index is 706. The summed E-state index contributed by atoms with van der Waals surface area (Å²) in [6, 6.07) is 0.450. The highest BCUT2D eigenvalue weighted by atomic mass is 79.9. The van der Waals surface area contributed by atoms with Gasteiger partial charge in [-0.1, -0.05) is 0 Å². The molecule has 2 fully saturated rings. The second-order valence-electron chi connectivity index (χ2n) is 6.78. The highest BCUT2D eigenvalue weighted by Gasteiger charge is 2.25. The van der Waals surface area contributed by atoms with Gasteiger partial charge in [-0.05, 0) is 41.1 Å². The predicted octanol–water partition coefficient (Wildman–Crippen LogP) is 2.04. The van der Waals surface area contributed by atoms with Crippen molar-refractivity contribution in [3.63, 3.8) is 0 Å². The van der Waals surface area contributed by atoms with E-state index in [1.54, 1.807) is 11.0 Å². The Morgan fingerprint density at radius 2 is 2.12 bits per heavy atom. The van der Waals surface area contributed by atoms with Gasteiger partial charge in [0.25, 0.3) is 0 Å². The van der Waals surface area contributed by atoms with Gasteiger partial charge in [-0.2, -0.15) is 5.10 Å². The molecule has 2 saturated heterocycles. The number of halogens is 1. The second-order valence-corrected chi connectivity index (χ2v) is 7.54. The van der Waals surface area contributed by atoms with Crippen LogP contribution in [-0.4, -0.2) is 63.5 Å². The maximum Gasteiger partial charge on any atom is 0.164 e. The number of fused-ring (bicyclic) bond motifs is 1. The maximum absolute atomic E-state index is 5.49. The van der Waals surface area contributed by atoms with E-state index in [4.69, 9.17) is 4.74 Å². The number of piperidine rings is 1. The Balaban J connectivity index is 1.39. The van der Waals surface area contributed by atoms with E-state index in [0.717, 1.165) is 66.5 Å². The molecule has 2 aromatic rings. The Labute approximate surface area is 149 Å². The molecule has 7 nitrogen and oxygen atoms in total. The molecule has 0 amide bonds. The molecule has 2 aliphatic rings. The SMILES string of the molecule is Cn1nc(Br)c2c(NC3CCN(CC4CCOC4)CC3)ncnc21. The number of aryl methyl sites for hydroxylation is 1. The first-order chi connectivity index (χ1) is 11.7. The van der Waals surface area contributed by atoms with Gasteiger partial charge in [0, 0.05) is 39.3 Å². The Morgan fingerprint density at radius 1 is 1.29 bits per heavy atom. The van der Waals surface area contributed by atoms with Crippen molar-refractivity contribution in [2.75, 3.05) is 38.2 Å². The van der Waals surface area contributed by atoms with Crippen LogP contribution < -0.4 is 5.32 Å². The summed E-state index contributed by atoms with van der Waals surface area (Å²) in [5.74, 6) is 1.60. The van der Waals surface area contributed by atoms with E-state index in [1.165, 1.54) is 13.0 Å². The van der Waals surface area contributed by atoms with Crippen LogP contribution in [0.15, 0.2) is 10.9 Å². The average molecular weight is 395 g/mol. The first-order valence-electron chi connectivity index (χ1n) is 8.60. The number of nitrogens with one attached hydrogen (secondary N) is 1. The van der Waals surface area contributed by atoms with Crippen molar-refractivity contribution in [1.29, 1.82) is 0 Å². The van der Waals surface area contributed by atoms with Crippen LogP contribution in [0.3, 0.4) is 0 Å². The van der Waals surface area contributed by atoms with Crippen molar-refractivity contribution in [2.45, 2.75) is 25.3 Å². The van der Waals surface area contributed by atoms with E-state index >= 15 is 0 Å². The molecule has 0 radical (unpaired) electrons. The number of hydrogen-bond acceptors (Lipinski definition) is 6. The molecule has 1 atom stereocenters. The summed E-state index contributed by atoms with van der Waals surface area (Å²) >= 11 is 3.52. The van der Waals surface area contributed by atoms with E-state index in [2.05, 4.69) is 41.2 Å². The molecule has 1 N–H and O–H groups in total. The fourth-order valence-corrected chi connectivity index (χ4v) is 4.30. The molecule has 0 spiro atoms. The summed E-state index contributed by atoms with van der Waals surface area (Å²) < 4.78 is 8.06. The lowest BCUT2D eigenvalue weighted by Gasteiger charge is -2.33. The van der Waals surface area contributed by atoms with Gasteiger partial charge >= 0.3 is 0 Å². The van der Waals surface area contributed by atoms with E-state index in [9.17, 15) is 0 Å². The average Bonchev–Trinajstić information content (AvgIpc) is 3.19. The van der Waals surface area contributed by atoms with Crippen LogP contribution in [0, 0.1) is 5.92 Å². The number of ether oxygens (including phenoxy) is 1. The zero-order valence-corrected chi connectivity index (χ0v) is 15.5. The van der Waals surface area contributed by atoms with E-state index in [1.807, 2.05) is 7.05 Å². The summed E-state index contributed by atoms with van der Waals surface area (Å²) in [5, 5.41) is 8.95. The number of rotatable bonds is 4. The van der Waals surface area contributed by atoms with Crippen molar-refractivity contribution >= 4 is 32.8 Å². The fraction of sp³-hybridized carbons (Fsp3) is 0.688. The van der Waals surface area contributed by atoms with E-state index < -0.39 is 0 Å². The van der Waals surface area contributed by atoms with Crippen LogP contribution in [0.1, 0.15) is 19.3 Å². The summed E-state index contributed by atoms with van der Waals surface area (Å²) in [6.45, 7) is 5.32. The lowest BCUT2D eigenvalue weighted by Crippen LogP contribution is -2.41. The fourth-order valence-electron chi connectivity index (χ4n) is 3.70. The highest BCUT2D eigenvalue weighted by molar-refractivity contribution is 9.10. The topological polar surface area (TPSA) is 68.1 Å². The van der Waals surface area contributed by atoms with Gasteiger partial charge in [0.05, 0.1) is 12.0 Å². The third-order valence-corrected chi connectivity index (χ3v) is 5.60. The second kappa shape index (κ2) is 6.93. The quantitative estimate of drug-likeness (QED) is 0.855. The molecule has 130 valence electrons. The molecule has 0 bridgehead atoms. The molecule has 24 heavy (non-hydrogen) atoms. The van der Waals surface area contributed by atoms with Crippen molar-refractivity contribution in [3.05, 3.63) is 10.9 Å². The minimum atomic E-state index is 0.450. The molecule has 4 rings (SSSR count). The molecule has 1 unspecified atom stereocenters. The van der Waals surface area contributed by atoms with Gasteiger partial charge in [0.1, 0.15) is 16.7 Å². The van der Waals surface area contributed by atoms with Gasteiger partial charge in [-0.15, -0.1) is 0 Å². The molecular formula is C16H23BrN6O. The van der Waals surface area contributed by atoms with E-state index in [0.29, 0.717) is 6.04 Å². The van der Waals surface area contributed by atoms with Gasteiger partial charge in [0.2, 0.25) is 0 Å². The third kappa shape index (κ3) is 3.27. The summed E-state index contributed by atoms with van der Waals surface area (Å²) in [5.41, 5.74) is 0.845.